The fraction of sp³-hybridized carbons (Fsp3) is 0.368. The number of hydrogen-bond acceptors (Lipinski definition) is 5. The molecule has 26 heavy (non-hydrogen) atoms. The summed E-state index contributed by atoms with van der Waals surface area (Å²) in [6.45, 7) is 8.92. The summed E-state index contributed by atoms with van der Waals surface area (Å²) < 4.78 is 2.06. The van der Waals surface area contributed by atoms with Crippen LogP contribution in [0.5, 0.6) is 0 Å². The normalized spacial score (nSPS) is 11.3. The van der Waals surface area contributed by atoms with Crippen LogP contribution in [0.2, 0.25) is 0 Å². The van der Waals surface area contributed by atoms with E-state index in [-0.39, 0.29) is 11.3 Å². The third kappa shape index (κ3) is 3.67. The van der Waals surface area contributed by atoms with E-state index in [1.165, 1.54) is 11.3 Å². The fourth-order valence-corrected chi connectivity index (χ4v) is 3.92. The molecule has 3 aromatic rings. The molecule has 1 N–H and O–H groups in total. The second kappa shape index (κ2) is 7.37. The molecule has 0 unspecified atom stereocenters. The lowest BCUT2D eigenvalue weighted by Gasteiger charge is -2.12. The molecule has 0 bridgehead atoms. The first-order chi connectivity index (χ1) is 12.4. The van der Waals surface area contributed by atoms with Gasteiger partial charge in [0.1, 0.15) is 5.01 Å². The summed E-state index contributed by atoms with van der Waals surface area (Å²) in [5.41, 5.74) is 2.10. The molecule has 136 valence electrons. The molecular weight excluding hydrogens is 348 g/mol. The molecule has 0 fully saturated rings. The number of aromatic nitrogens is 3. The standard InChI is InChI=1S/C19H22N4O2S/c1-5-23-12(4)9-16(24)14-10-13(6-7-15(14)23)18(25)20-19-22-21-17(26-19)8-11(2)3/h6-7,9-11H,5,8H2,1-4H3,(H,20,22,25). The van der Waals surface area contributed by atoms with Gasteiger partial charge in [0.15, 0.2) is 5.43 Å². The number of nitrogens with one attached hydrogen (secondary N) is 1. The van der Waals surface area contributed by atoms with Crippen LogP contribution >= 0.6 is 11.3 Å². The number of anilines is 1. The zero-order valence-corrected chi connectivity index (χ0v) is 16.2. The lowest BCUT2D eigenvalue weighted by molar-refractivity contribution is 0.102. The highest BCUT2D eigenvalue weighted by Gasteiger charge is 2.13. The number of rotatable bonds is 5. The van der Waals surface area contributed by atoms with Gasteiger partial charge in [-0.15, -0.1) is 10.2 Å². The van der Waals surface area contributed by atoms with Crippen molar-refractivity contribution in [3.8, 4) is 0 Å². The Hall–Kier alpha value is -2.54. The minimum Gasteiger partial charge on any atom is -0.345 e. The maximum atomic E-state index is 12.5. The SMILES string of the molecule is CCn1c(C)cc(=O)c2cc(C(=O)Nc3nnc(CC(C)C)s3)ccc21. The predicted molar refractivity (Wildman–Crippen MR) is 105 cm³/mol. The van der Waals surface area contributed by atoms with Gasteiger partial charge in [-0.25, -0.2) is 0 Å². The molecule has 0 aliphatic carbocycles. The van der Waals surface area contributed by atoms with Crippen LogP contribution < -0.4 is 10.7 Å². The maximum absolute atomic E-state index is 12.5. The van der Waals surface area contributed by atoms with E-state index in [1.807, 2.05) is 19.9 Å². The lowest BCUT2D eigenvalue weighted by atomic mass is 10.1. The Morgan fingerprint density at radius 3 is 2.73 bits per heavy atom. The molecule has 0 saturated heterocycles. The Morgan fingerprint density at radius 1 is 1.27 bits per heavy atom. The van der Waals surface area contributed by atoms with Gasteiger partial charge < -0.3 is 4.57 Å². The topological polar surface area (TPSA) is 76.9 Å². The van der Waals surface area contributed by atoms with Crippen LogP contribution in [0.15, 0.2) is 29.1 Å². The van der Waals surface area contributed by atoms with Gasteiger partial charge in [-0.3, -0.25) is 14.9 Å². The highest BCUT2D eigenvalue weighted by atomic mass is 32.1. The van der Waals surface area contributed by atoms with E-state index in [0.29, 0.717) is 22.0 Å². The number of benzene rings is 1. The number of fused-ring (bicyclic) bond motifs is 1. The number of carbonyl (C=O) groups excluding carboxylic acids is 1. The Bertz CT molecular complexity index is 1020. The molecular formula is C19H22N4O2S. The van der Waals surface area contributed by atoms with Crippen LogP contribution in [0, 0.1) is 12.8 Å². The van der Waals surface area contributed by atoms with E-state index >= 15 is 0 Å². The first-order valence-corrected chi connectivity index (χ1v) is 9.48. The molecule has 0 aliphatic rings. The molecule has 2 aromatic heterocycles. The molecule has 0 spiro atoms. The molecule has 1 aromatic carbocycles. The quantitative estimate of drug-likeness (QED) is 0.744. The Kier molecular flexibility index (Phi) is 5.18. The van der Waals surface area contributed by atoms with Gasteiger partial charge in [-0.2, -0.15) is 0 Å². The second-order valence-corrected chi connectivity index (χ2v) is 7.74. The molecule has 2 heterocycles. The van der Waals surface area contributed by atoms with E-state index in [9.17, 15) is 9.59 Å². The van der Waals surface area contributed by atoms with Crippen molar-refractivity contribution >= 4 is 33.3 Å². The monoisotopic (exact) mass is 370 g/mol. The van der Waals surface area contributed by atoms with Crippen LogP contribution in [0.25, 0.3) is 10.9 Å². The van der Waals surface area contributed by atoms with Gasteiger partial charge in [0.05, 0.1) is 5.52 Å². The number of nitrogens with zero attached hydrogens (tertiary/aromatic N) is 3. The third-order valence-electron chi connectivity index (χ3n) is 4.17. The van der Waals surface area contributed by atoms with Crippen molar-refractivity contribution in [1.82, 2.24) is 14.8 Å². The Morgan fingerprint density at radius 2 is 2.04 bits per heavy atom. The van der Waals surface area contributed by atoms with Crippen molar-refractivity contribution in [2.75, 3.05) is 5.32 Å². The van der Waals surface area contributed by atoms with Crippen molar-refractivity contribution in [1.29, 1.82) is 0 Å². The Labute approximate surface area is 155 Å². The average Bonchev–Trinajstić information content (AvgIpc) is 3.01. The molecule has 0 atom stereocenters. The maximum Gasteiger partial charge on any atom is 0.257 e. The van der Waals surface area contributed by atoms with Crippen molar-refractivity contribution in [2.45, 2.75) is 40.7 Å². The molecule has 0 radical (unpaired) electrons. The zero-order valence-electron chi connectivity index (χ0n) is 15.4. The fourth-order valence-electron chi connectivity index (χ4n) is 2.97. The van der Waals surface area contributed by atoms with Crippen molar-refractivity contribution < 1.29 is 4.79 Å². The summed E-state index contributed by atoms with van der Waals surface area (Å²) in [7, 11) is 0. The smallest absolute Gasteiger partial charge is 0.257 e. The molecule has 0 aliphatic heterocycles. The summed E-state index contributed by atoms with van der Waals surface area (Å²) in [5, 5.41) is 12.8. The number of hydrogen-bond donors (Lipinski definition) is 1. The highest BCUT2D eigenvalue weighted by Crippen LogP contribution is 2.20. The third-order valence-corrected chi connectivity index (χ3v) is 5.03. The summed E-state index contributed by atoms with van der Waals surface area (Å²) in [5.74, 6) is 0.193. The molecule has 0 saturated carbocycles. The highest BCUT2D eigenvalue weighted by molar-refractivity contribution is 7.15. The zero-order chi connectivity index (χ0) is 18.8. The molecule has 1 amide bonds. The average molecular weight is 370 g/mol. The van der Waals surface area contributed by atoms with E-state index in [0.717, 1.165) is 29.2 Å². The van der Waals surface area contributed by atoms with Gasteiger partial charge in [0.25, 0.3) is 5.91 Å². The summed E-state index contributed by atoms with van der Waals surface area (Å²) in [6.07, 6.45) is 0.833. The van der Waals surface area contributed by atoms with Gasteiger partial charge in [0.2, 0.25) is 5.13 Å². The van der Waals surface area contributed by atoms with Gasteiger partial charge in [-0.1, -0.05) is 25.2 Å². The number of carbonyl (C=O) groups is 1. The minimum atomic E-state index is -0.290. The number of aryl methyl sites for hydroxylation is 2. The van der Waals surface area contributed by atoms with Crippen LogP contribution in [-0.2, 0) is 13.0 Å². The molecule has 6 nitrogen and oxygen atoms in total. The van der Waals surface area contributed by atoms with E-state index < -0.39 is 0 Å². The van der Waals surface area contributed by atoms with Crippen molar-refractivity contribution in [2.24, 2.45) is 5.92 Å². The van der Waals surface area contributed by atoms with Crippen molar-refractivity contribution in [3.05, 3.63) is 50.8 Å². The Balaban J connectivity index is 1.89. The lowest BCUT2D eigenvalue weighted by Crippen LogP contribution is -2.15. The minimum absolute atomic E-state index is 0.0769. The van der Waals surface area contributed by atoms with E-state index in [1.54, 1.807) is 18.2 Å². The summed E-state index contributed by atoms with van der Waals surface area (Å²) in [6, 6.07) is 6.82. The van der Waals surface area contributed by atoms with Gasteiger partial charge in [-0.05, 0) is 38.0 Å². The van der Waals surface area contributed by atoms with Crippen LogP contribution in [0.3, 0.4) is 0 Å². The largest absolute Gasteiger partial charge is 0.345 e. The van der Waals surface area contributed by atoms with Gasteiger partial charge >= 0.3 is 0 Å². The number of pyridine rings is 1. The van der Waals surface area contributed by atoms with Gasteiger partial charge in [0, 0.05) is 35.7 Å². The first kappa shape index (κ1) is 18.3. The predicted octanol–water partition coefficient (Wildman–Crippen LogP) is 3.63. The van der Waals surface area contributed by atoms with Crippen LogP contribution in [0.1, 0.15) is 41.8 Å². The van der Waals surface area contributed by atoms with Crippen molar-refractivity contribution in [3.63, 3.8) is 0 Å². The summed E-state index contributed by atoms with van der Waals surface area (Å²) in [4.78, 5) is 24.9. The van der Waals surface area contributed by atoms with E-state index in [4.69, 9.17) is 0 Å². The van der Waals surface area contributed by atoms with Crippen LogP contribution in [-0.4, -0.2) is 20.7 Å². The second-order valence-electron chi connectivity index (χ2n) is 6.68. The summed E-state index contributed by atoms with van der Waals surface area (Å²) >= 11 is 1.38. The molecule has 3 rings (SSSR count). The van der Waals surface area contributed by atoms with Crippen LogP contribution in [0.4, 0.5) is 5.13 Å². The van der Waals surface area contributed by atoms with E-state index in [2.05, 4.69) is 33.9 Å². The molecule has 7 heteroatoms. The first-order valence-electron chi connectivity index (χ1n) is 8.67. The number of amides is 1.